The largest absolute Gasteiger partial charge is 0.310 e. The third-order valence-electron chi connectivity index (χ3n) is 10.0. The zero-order valence-electron chi connectivity index (χ0n) is 29.3. The van der Waals surface area contributed by atoms with Crippen molar-refractivity contribution >= 4 is 27.8 Å². The molecule has 0 fully saturated rings. The predicted molar refractivity (Wildman–Crippen MR) is 226 cm³/mol. The number of hydrogen-bond donors (Lipinski definition) is 0. The summed E-state index contributed by atoms with van der Waals surface area (Å²) in [6.45, 7) is 0. The number of para-hydroxylation sites is 1. The lowest BCUT2D eigenvalue weighted by Gasteiger charge is -2.29. The summed E-state index contributed by atoms with van der Waals surface area (Å²) in [6.07, 6.45) is 0. The van der Waals surface area contributed by atoms with Gasteiger partial charge in [0, 0.05) is 16.9 Å². The van der Waals surface area contributed by atoms with Gasteiger partial charge >= 0.3 is 0 Å². The van der Waals surface area contributed by atoms with Gasteiger partial charge in [0.1, 0.15) is 0 Å². The topological polar surface area (TPSA) is 3.24 Å². The van der Waals surface area contributed by atoms with Gasteiger partial charge in [0.05, 0.1) is 5.69 Å². The van der Waals surface area contributed by atoms with E-state index in [1.165, 1.54) is 60.8 Å². The number of hydrogen-bond acceptors (Lipinski definition) is 1. The van der Waals surface area contributed by atoms with Crippen LogP contribution in [0.15, 0.2) is 224 Å². The number of benzene rings is 9. The Labute approximate surface area is 311 Å². The Balaban J connectivity index is 1.19. The third-order valence-corrected chi connectivity index (χ3v) is 10.0. The van der Waals surface area contributed by atoms with Gasteiger partial charge in [-0.25, -0.2) is 0 Å². The summed E-state index contributed by atoms with van der Waals surface area (Å²) in [4.78, 5) is 2.41. The summed E-state index contributed by atoms with van der Waals surface area (Å²) in [5, 5.41) is 2.51. The summed E-state index contributed by atoms with van der Waals surface area (Å²) in [5.74, 6) is 0. The van der Waals surface area contributed by atoms with Crippen LogP contribution in [0.4, 0.5) is 17.1 Å². The van der Waals surface area contributed by atoms with E-state index in [0.717, 1.165) is 22.6 Å². The Kier molecular flexibility index (Phi) is 8.66. The van der Waals surface area contributed by atoms with E-state index in [4.69, 9.17) is 0 Å². The first-order chi connectivity index (χ1) is 26.3. The molecule has 0 aliphatic heterocycles. The Morgan fingerprint density at radius 1 is 0.245 bits per heavy atom. The molecule has 1 heteroatoms. The molecular formula is C52H37N. The van der Waals surface area contributed by atoms with Gasteiger partial charge in [-0.1, -0.05) is 182 Å². The van der Waals surface area contributed by atoms with Gasteiger partial charge < -0.3 is 4.90 Å². The van der Waals surface area contributed by atoms with Crippen LogP contribution in [-0.4, -0.2) is 0 Å². The van der Waals surface area contributed by atoms with Crippen molar-refractivity contribution in [2.45, 2.75) is 0 Å². The van der Waals surface area contributed by atoms with Gasteiger partial charge in [-0.15, -0.1) is 0 Å². The predicted octanol–water partition coefficient (Wildman–Crippen LogP) is 14.6. The lowest BCUT2D eigenvalue weighted by Crippen LogP contribution is -2.11. The molecule has 9 rings (SSSR count). The van der Waals surface area contributed by atoms with Crippen molar-refractivity contribution in [3.8, 4) is 55.6 Å². The zero-order chi connectivity index (χ0) is 35.4. The average molecular weight is 676 g/mol. The highest BCUT2D eigenvalue weighted by atomic mass is 15.1. The Morgan fingerprint density at radius 3 is 1.30 bits per heavy atom. The summed E-state index contributed by atoms with van der Waals surface area (Å²) in [6, 6.07) is 80.9. The molecule has 53 heavy (non-hydrogen) atoms. The van der Waals surface area contributed by atoms with Crippen molar-refractivity contribution in [1.82, 2.24) is 0 Å². The van der Waals surface area contributed by atoms with Gasteiger partial charge in [-0.05, 0) is 103 Å². The quantitative estimate of drug-likeness (QED) is 0.155. The van der Waals surface area contributed by atoms with Crippen molar-refractivity contribution in [2.24, 2.45) is 0 Å². The first-order valence-electron chi connectivity index (χ1n) is 18.2. The molecule has 9 aromatic carbocycles. The van der Waals surface area contributed by atoms with Crippen LogP contribution in [0.2, 0.25) is 0 Å². The molecule has 0 saturated carbocycles. The molecule has 0 N–H and O–H groups in total. The maximum Gasteiger partial charge on any atom is 0.0540 e. The first-order valence-corrected chi connectivity index (χ1v) is 18.2. The fourth-order valence-corrected chi connectivity index (χ4v) is 7.46. The van der Waals surface area contributed by atoms with E-state index in [9.17, 15) is 0 Å². The highest BCUT2D eigenvalue weighted by Crippen LogP contribution is 2.43. The van der Waals surface area contributed by atoms with Crippen molar-refractivity contribution in [3.05, 3.63) is 224 Å². The minimum Gasteiger partial charge on any atom is -0.310 e. The lowest BCUT2D eigenvalue weighted by atomic mass is 9.95. The van der Waals surface area contributed by atoms with Gasteiger partial charge in [0.2, 0.25) is 0 Å². The fourth-order valence-electron chi connectivity index (χ4n) is 7.46. The van der Waals surface area contributed by atoms with Crippen LogP contribution in [0.5, 0.6) is 0 Å². The molecule has 250 valence electrons. The zero-order valence-corrected chi connectivity index (χ0v) is 29.3. The first kappa shape index (κ1) is 32.0. The number of nitrogens with zero attached hydrogens (tertiary/aromatic N) is 1. The second kappa shape index (κ2) is 14.3. The van der Waals surface area contributed by atoms with Crippen LogP contribution in [0, 0.1) is 0 Å². The Bertz CT molecular complexity index is 2670. The van der Waals surface area contributed by atoms with Crippen LogP contribution in [0.25, 0.3) is 66.4 Å². The monoisotopic (exact) mass is 675 g/mol. The minimum atomic E-state index is 1.09. The molecule has 9 aromatic rings. The molecule has 0 spiro atoms. The van der Waals surface area contributed by atoms with E-state index in [-0.39, 0.29) is 0 Å². The molecule has 0 amide bonds. The SMILES string of the molecule is c1ccc(-c2cccc(-c3ccccc3N(c3cccc(-c4ccccc4)c3)c3cccc(-c4cccc(-c5cccc6ccccc56)c4)c3)c2)cc1. The van der Waals surface area contributed by atoms with E-state index in [2.05, 4.69) is 229 Å². The molecular weight excluding hydrogens is 639 g/mol. The summed E-state index contributed by atoms with van der Waals surface area (Å²) in [7, 11) is 0. The molecule has 0 aliphatic rings. The third kappa shape index (κ3) is 6.53. The highest BCUT2D eigenvalue weighted by Gasteiger charge is 2.19. The molecule has 0 unspecified atom stereocenters. The fraction of sp³-hybridized carbons (Fsp3) is 0. The van der Waals surface area contributed by atoms with Crippen molar-refractivity contribution in [2.75, 3.05) is 4.90 Å². The van der Waals surface area contributed by atoms with Crippen LogP contribution in [0.3, 0.4) is 0 Å². The number of fused-ring (bicyclic) bond motifs is 1. The van der Waals surface area contributed by atoms with Crippen LogP contribution < -0.4 is 4.90 Å². The van der Waals surface area contributed by atoms with Crippen molar-refractivity contribution in [1.29, 1.82) is 0 Å². The van der Waals surface area contributed by atoms with Crippen LogP contribution in [0.1, 0.15) is 0 Å². The van der Waals surface area contributed by atoms with Gasteiger partial charge in [0.15, 0.2) is 0 Å². The van der Waals surface area contributed by atoms with E-state index in [1.807, 2.05) is 0 Å². The van der Waals surface area contributed by atoms with Crippen molar-refractivity contribution < 1.29 is 0 Å². The van der Waals surface area contributed by atoms with E-state index < -0.39 is 0 Å². The van der Waals surface area contributed by atoms with Gasteiger partial charge in [0.25, 0.3) is 0 Å². The maximum atomic E-state index is 2.41. The van der Waals surface area contributed by atoms with E-state index in [0.29, 0.717) is 0 Å². The molecule has 1 nitrogen and oxygen atoms in total. The molecule has 0 radical (unpaired) electrons. The number of rotatable bonds is 8. The van der Waals surface area contributed by atoms with Gasteiger partial charge in [-0.2, -0.15) is 0 Å². The van der Waals surface area contributed by atoms with E-state index >= 15 is 0 Å². The Hall–Kier alpha value is -6.96. The maximum absolute atomic E-state index is 2.41. The standard InChI is InChI=1S/C52H37N/c1-3-16-38(17-4-1)41-22-11-27-46(34-41)51-31-9-10-33-52(51)53(47-28-13-24-43(36-47)39-18-5-2-6-19-39)48-29-14-25-44(37-48)42-23-12-26-45(35-42)50-32-15-21-40-20-7-8-30-49(40)50/h1-37H. The molecule has 0 aliphatic carbocycles. The van der Waals surface area contributed by atoms with Crippen molar-refractivity contribution in [3.63, 3.8) is 0 Å². The average Bonchev–Trinajstić information content (AvgIpc) is 3.25. The van der Waals surface area contributed by atoms with Crippen LogP contribution >= 0.6 is 0 Å². The number of anilines is 3. The Morgan fingerprint density at radius 2 is 0.642 bits per heavy atom. The smallest absolute Gasteiger partial charge is 0.0540 e. The summed E-state index contributed by atoms with van der Waals surface area (Å²) >= 11 is 0. The minimum absolute atomic E-state index is 1.09. The second-order valence-corrected chi connectivity index (χ2v) is 13.4. The molecule has 0 aromatic heterocycles. The lowest BCUT2D eigenvalue weighted by molar-refractivity contribution is 1.28. The second-order valence-electron chi connectivity index (χ2n) is 13.4. The summed E-state index contributed by atoms with van der Waals surface area (Å²) < 4.78 is 0. The molecule has 0 heterocycles. The molecule has 0 saturated heterocycles. The molecule has 0 atom stereocenters. The summed E-state index contributed by atoms with van der Waals surface area (Å²) in [5.41, 5.74) is 15.2. The van der Waals surface area contributed by atoms with Crippen LogP contribution in [-0.2, 0) is 0 Å². The van der Waals surface area contributed by atoms with E-state index in [1.54, 1.807) is 0 Å². The molecule has 0 bridgehead atoms. The normalized spacial score (nSPS) is 11.0. The van der Waals surface area contributed by atoms with Gasteiger partial charge in [-0.3, -0.25) is 0 Å². The highest BCUT2D eigenvalue weighted by molar-refractivity contribution is 5.97.